The first-order valence-corrected chi connectivity index (χ1v) is 11.1. The Labute approximate surface area is 180 Å². The minimum atomic E-state index is -0.281. The van der Waals surface area contributed by atoms with Gasteiger partial charge >= 0.3 is 0 Å². The van der Waals surface area contributed by atoms with Crippen LogP contribution in [-0.2, 0) is 9.53 Å². The van der Waals surface area contributed by atoms with E-state index in [1.807, 2.05) is 25.1 Å². The van der Waals surface area contributed by atoms with Gasteiger partial charge < -0.3 is 10.1 Å². The monoisotopic (exact) mass is 407 g/mol. The molecular formula is C25H33N3O2. The van der Waals surface area contributed by atoms with Crippen LogP contribution < -0.4 is 5.32 Å². The van der Waals surface area contributed by atoms with E-state index in [4.69, 9.17) is 4.74 Å². The van der Waals surface area contributed by atoms with Crippen molar-refractivity contribution in [1.82, 2.24) is 9.80 Å². The molecule has 1 N–H and O–H groups in total. The van der Waals surface area contributed by atoms with Crippen LogP contribution in [0.15, 0.2) is 48.5 Å². The largest absolute Gasteiger partial charge is 0.377 e. The van der Waals surface area contributed by atoms with Gasteiger partial charge in [-0.1, -0.05) is 42.5 Å². The number of hydrogen-bond donors (Lipinski definition) is 1. The predicted octanol–water partition coefficient (Wildman–Crippen LogP) is 3.78. The van der Waals surface area contributed by atoms with Crippen molar-refractivity contribution >= 4 is 11.6 Å². The van der Waals surface area contributed by atoms with Gasteiger partial charge in [0.2, 0.25) is 5.91 Å². The number of hydrogen-bond acceptors (Lipinski definition) is 4. The second kappa shape index (κ2) is 9.73. The van der Waals surface area contributed by atoms with Crippen molar-refractivity contribution in [2.75, 3.05) is 44.6 Å². The minimum absolute atomic E-state index is 0.0440. The molecule has 2 aliphatic rings. The number of amides is 1. The third-order valence-corrected chi connectivity index (χ3v) is 6.27. The molecule has 0 bridgehead atoms. The van der Waals surface area contributed by atoms with Crippen LogP contribution in [0.2, 0.25) is 0 Å². The van der Waals surface area contributed by atoms with Crippen LogP contribution in [0.4, 0.5) is 5.69 Å². The first-order valence-electron chi connectivity index (χ1n) is 11.1. The maximum atomic E-state index is 13.4. The number of benzene rings is 2. The fourth-order valence-electron chi connectivity index (χ4n) is 4.52. The smallest absolute Gasteiger partial charge is 0.246 e. The highest BCUT2D eigenvalue weighted by Gasteiger charge is 2.31. The lowest BCUT2D eigenvalue weighted by atomic mass is 10.0. The number of aryl methyl sites for hydroxylation is 2. The van der Waals surface area contributed by atoms with E-state index in [1.54, 1.807) is 0 Å². The van der Waals surface area contributed by atoms with Crippen LogP contribution >= 0.6 is 0 Å². The Morgan fingerprint density at radius 2 is 1.87 bits per heavy atom. The van der Waals surface area contributed by atoms with Crippen molar-refractivity contribution < 1.29 is 9.53 Å². The molecule has 160 valence electrons. The summed E-state index contributed by atoms with van der Waals surface area (Å²) in [6.07, 6.45) is 2.73. The van der Waals surface area contributed by atoms with Crippen LogP contribution in [0, 0.1) is 13.8 Å². The summed E-state index contributed by atoms with van der Waals surface area (Å²) in [5.41, 5.74) is 4.18. The summed E-state index contributed by atoms with van der Waals surface area (Å²) < 4.78 is 5.81. The van der Waals surface area contributed by atoms with Gasteiger partial charge in [-0.05, 0) is 49.4 Å². The van der Waals surface area contributed by atoms with E-state index in [9.17, 15) is 4.79 Å². The lowest BCUT2D eigenvalue weighted by Crippen LogP contribution is -2.51. The highest BCUT2D eigenvalue weighted by molar-refractivity contribution is 5.96. The molecule has 2 fully saturated rings. The molecule has 2 aromatic rings. The van der Waals surface area contributed by atoms with Gasteiger partial charge in [0.15, 0.2) is 0 Å². The summed E-state index contributed by atoms with van der Waals surface area (Å²) >= 11 is 0. The highest BCUT2D eigenvalue weighted by atomic mass is 16.5. The van der Waals surface area contributed by atoms with Crippen LogP contribution in [0.1, 0.15) is 35.6 Å². The Morgan fingerprint density at radius 3 is 2.57 bits per heavy atom. The quantitative estimate of drug-likeness (QED) is 0.792. The molecule has 0 radical (unpaired) electrons. The predicted molar refractivity (Wildman–Crippen MR) is 121 cm³/mol. The van der Waals surface area contributed by atoms with Crippen molar-refractivity contribution in [2.24, 2.45) is 0 Å². The number of ether oxygens (including phenoxy) is 1. The zero-order valence-corrected chi connectivity index (χ0v) is 18.1. The van der Waals surface area contributed by atoms with Gasteiger partial charge in [0.05, 0.1) is 6.10 Å². The summed E-state index contributed by atoms with van der Waals surface area (Å²) in [6.45, 7) is 9.71. The van der Waals surface area contributed by atoms with Gasteiger partial charge in [0.1, 0.15) is 6.04 Å². The van der Waals surface area contributed by atoms with Crippen molar-refractivity contribution in [3.63, 3.8) is 0 Å². The molecule has 4 rings (SSSR count). The second-order valence-electron chi connectivity index (χ2n) is 8.59. The number of rotatable bonds is 6. The zero-order valence-electron chi connectivity index (χ0n) is 18.1. The van der Waals surface area contributed by atoms with E-state index in [2.05, 4.69) is 52.4 Å². The number of nitrogens with one attached hydrogen (secondary N) is 1. The zero-order chi connectivity index (χ0) is 20.9. The molecule has 2 atom stereocenters. The van der Waals surface area contributed by atoms with Crippen LogP contribution in [0.5, 0.6) is 0 Å². The third-order valence-electron chi connectivity index (χ3n) is 6.27. The number of carbonyl (C=O) groups excluding carboxylic acids is 1. The number of nitrogens with zero attached hydrogens (tertiary/aromatic N) is 2. The molecule has 1 amide bonds. The number of piperazine rings is 1. The normalized spacial score (nSPS) is 21.5. The Hall–Kier alpha value is -2.21. The second-order valence-corrected chi connectivity index (χ2v) is 8.59. The van der Waals surface area contributed by atoms with E-state index in [1.165, 1.54) is 12.8 Å². The Bertz CT molecular complexity index is 841. The minimum Gasteiger partial charge on any atom is -0.377 e. The van der Waals surface area contributed by atoms with E-state index in [0.717, 1.165) is 61.7 Å². The van der Waals surface area contributed by atoms with Gasteiger partial charge in [0.25, 0.3) is 0 Å². The van der Waals surface area contributed by atoms with Gasteiger partial charge in [-0.2, -0.15) is 0 Å². The molecule has 0 aromatic heterocycles. The summed E-state index contributed by atoms with van der Waals surface area (Å²) in [4.78, 5) is 18.3. The van der Waals surface area contributed by atoms with Gasteiger partial charge in [-0.25, -0.2) is 0 Å². The van der Waals surface area contributed by atoms with Crippen LogP contribution in [-0.4, -0.2) is 61.1 Å². The average Bonchev–Trinajstić information content (AvgIpc) is 3.26. The molecule has 5 nitrogen and oxygen atoms in total. The molecule has 2 saturated heterocycles. The number of anilines is 1. The molecule has 2 aromatic carbocycles. The molecule has 0 aliphatic carbocycles. The van der Waals surface area contributed by atoms with Crippen LogP contribution in [0.25, 0.3) is 0 Å². The summed E-state index contributed by atoms with van der Waals surface area (Å²) in [6, 6.07) is 16.1. The van der Waals surface area contributed by atoms with E-state index in [0.29, 0.717) is 6.10 Å². The Morgan fingerprint density at radius 1 is 1.10 bits per heavy atom. The van der Waals surface area contributed by atoms with E-state index in [-0.39, 0.29) is 11.9 Å². The molecule has 0 unspecified atom stereocenters. The SMILES string of the molecule is Cc1ccc(C)c(NC(=O)[C@@H](c2ccccc2)N2CCN(C[C@@H]3CCCO3)CC2)c1. The molecule has 5 heteroatoms. The summed E-state index contributed by atoms with van der Waals surface area (Å²) in [7, 11) is 0. The fraction of sp³-hybridized carbons (Fsp3) is 0.480. The number of carbonyl (C=O) groups is 1. The van der Waals surface area contributed by atoms with Crippen molar-refractivity contribution in [1.29, 1.82) is 0 Å². The van der Waals surface area contributed by atoms with E-state index < -0.39 is 0 Å². The average molecular weight is 408 g/mol. The molecule has 30 heavy (non-hydrogen) atoms. The van der Waals surface area contributed by atoms with Crippen molar-refractivity contribution in [3.8, 4) is 0 Å². The standard InChI is InChI=1S/C25H33N3O2/c1-19-10-11-20(2)23(17-19)26-25(29)24(21-7-4-3-5-8-21)28-14-12-27(13-15-28)18-22-9-6-16-30-22/h3-5,7-8,10-11,17,22,24H,6,9,12-16,18H2,1-2H3,(H,26,29)/t22-,24+/m0/s1. The molecular weight excluding hydrogens is 374 g/mol. The maximum Gasteiger partial charge on any atom is 0.246 e. The lowest BCUT2D eigenvalue weighted by Gasteiger charge is -2.39. The molecule has 0 saturated carbocycles. The van der Waals surface area contributed by atoms with Gasteiger partial charge in [0, 0.05) is 45.0 Å². The summed E-state index contributed by atoms with van der Waals surface area (Å²) in [5.74, 6) is 0.0440. The van der Waals surface area contributed by atoms with Crippen molar-refractivity contribution in [3.05, 3.63) is 65.2 Å². The molecule has 2 heterocycles. The fourth-order valence-corrected chi connectivity index (χ4v) is 4.52. The van der Waals surface area contributed by atoms with Gasteiger partial charge in [-0.15, -0.1) is 0 Å². The Balaban J connectivity index is 1.46. The molecule has 2 aliphatic heterocycles. The first kappa shape index (κ1) is 21.0. The van der Waals surface area contributed by atoms with Gasteiger partial charge in [-0.3, -0.25) is 14.6 Å². The molecule has 0 spiro atoms. The van der Waals surface area contributed by atoms with E-state index >= 15 is 0 Å². The lowest BCUT2D eigenvalue weighted by molar-refractivity contribution is -0.122. The van der Waals surface area contributed by atoms with Crippen molar-refractivity contribution in [2.45, 2.75) is 38.8 Å². The topological polar surface area (TPSA) is 44.8 Å². The third kappa shape index (κ3) is 5.09. The van der Waals surface area contributed by atoms with Crippen LogP contribution in [0.3, 0.4) is 0 Å². The summed E-state index contributed by atoms with van der Waals surface area (Å²) in [5, 5.41) is 3.20. The Kier molecular flexibility index (Phi) is 6.82. The highest BCUT2D eigenvalue weighted by Crippen LogP contribution is 2.26. The first-order chi connectivity index (χ1) is 14.6. The maximum absolute atomic E-state index is 13.4.